The Hall–Kier alpha value is -0.200. The lowest BCUT2D eigenvalue weighted by Gasteiger charge is -2.31. The Morgan fingerprint density at radius 3 is 2.53 bits per heavy atom. The van der Waals surface area contributed by atoms with Crippen LogP contribution in [0, 0.1) is 0 Å². The number of sulfone groups is 1. The Balaban J connectivity index is 2.70. The van der Waals surface area contributed by atoms with Gasteiger partial charge in [-0.1, -0.05) is 12.2 Å². The molecule has 4 nitrogen and oxygen atoms in total. The summed E-state index contributed by atoms with van der Waals surface area (Å²) in [5.74, 6) is 0.534. The number of nitrogens with two attached hydrogens (primary N) is 1. The molecule has 0 aromatic carbocycles. The minimum atomic E-state index is -2.84. The molecule has 0 aliphatic carbocycles. The van der Waals surface area contributed by atoms with E-state index in [4.69, 9.17) is 18.0 Å². The van der Waals surface area contributed by atoms with Gasteiger partial charge in [0, 0.05) is 18.6 Å². The van der Waals surface area contributed by atoms with E-state index in [-0.39, 0.29) is 23.6 Å². The summed E-state index contributed by atoms with van der Waals surface area (Å²) in [7, 11) is -2.84. The van der Waals surface area contributed by atoms with Crippen molar-refractivity contribution in [3.05, 3.63) is 0 Å². The maximum atomic E-state index is 11.4. The molecule has 0 aromatic rings. The molecule has 1 fully saturated rings. The van der Waals surface area contributed by atoms with E-state index in [1.54, 1.807) is 0 Å². The summed E-state index contributed by atoms with van der Waals surface area (Å²) in [6.07, 6.45) is 0.698. The van der Waals surface area contributed by atoms with Crippen molar-refractivity contribution in [3.8, 4) is 0 Å². The van der Waals surface area contributed by atoms with Crippen LogP contribution in [-0.2, 0) is 9.84 Å². The Morgan fingerprint density at radius 1 is 1.60 bits per heavy atom. The van der Waals surface area contributed by atoms with E-state index in [9.17, 15) is 8.42 Å². The smallest absolute Gasteiger partial charge is 0.151 e. The molecule has 1 aliphatic rings. The van der Waals surface area contributed by atoms with E-state index >= 15 is 0 Å². The van der Waals surface area contributed by atoms with Gasteiger partial charge in [0.25, 0.3) is 0 Å². The van der Waals surface area contributed by atoms with Gasteiger partial charge in [-0.15, -0.1) is 0 Å². The van der Waals surface area contributed by atoms with E-state index in [0.29, 0.717) is 18.0 Å². The third-order valence-corrected chi connectivity index (χ3v) is 4.56. The van der Waals surface area contributed by atoms with Crippen LogP contribution in [0.5, 0.6) is 0 Å². The lowest BCUT2D eigenvalue weighted by molar-refractivity contribution is 0.194. The molecule has 0 bridgehead atoms. The number of nitrogens with zero attached hydrogens (tertiary/aromatic N) is 1. The average Bonchev–Trinajstić information content (AvgIpc) is 2.41. The van der Waals surface area contributed by atoms with E-state index in [0.717, 1.165) is 0 Å². The second kappa shape index (κ2) is 4.76. The molecule has 0 radical (unpaired) electrons. The third-order valence-electron chi connectivity index (χ3n) is 2.68. The topological polar surface area (TPSA) is 63.4 Å². The van der Waals surface area contributed by atoms with Gasteiger partial charge >= 0.3 is 0 Å². The zero-order valence-electron chi connectivity index (χ0n) is 9.14. The van der Waals surface area contributed by atoms with Gasteiger partial charge in [0.1, 0.15) is 0 Å². The lowest BCUT2D eigenvalue weighted by atomic mass is 10.2. The molecule has 1 atom stereocenters. The van der Waals surface area contributed by atoms with E-state index < -0.39 is 9.84 Å². The number of hydrogen-bond acceptors (Lipinski definition) is 4. The second-order valence-corrected chi connectivity index (χ2v) is 7.04. The molecule has 0 spiro atoms. The SMILES string of the molecule is CC(C)N(CC(N)=S)C1CCS(=O)(=O)C1. The predicted molar refractivity (Wildman–Crippen MR) is 65.7 cm³/mol. The molecule has 1 saturated heterocycles. The zero-order valence-corrected chi connectivity index (χ0v) is 10.8. The van der Waals surface area contributed by atoms with Gasteiger partial charge in [0.05, 0.1) is 16.5 Å². The Morgan fingerprint density at radius 2 is 2.20 bits per heavy atom. The van der Waals surface area contributed by atoms with Crippen LogP contribution >= 0.6 is 12.2 Å². The molecule has 2 N–H and O–H groups in total. The molecule has 88 valence electrons. The fraction of sp³-hybridized carbons (Fsp3) is 0.889. The molecule has 6 heteroatoms. The molecule has 15 heavy (non-hydrogen) atoms. The van der Waals surface area contributed by atoms with Gasteiger partial charge in [-0.2, -0.15) is 0 Å². The standard InChI is InChI=1S/C9H18N2O2S2/c1-7(2)11(5-9(10)14)8-3-4-15(12,13)6-8/h7-8H,3-6H2,1-2H3,(H2,10,14). The fourth-order valence-corrected chi connectivity index (χ4v) is 3.84. The monoisotopic (exact) mass is 250 g/mol. The van der Waals surface area contributed by atoms with Crippen LogP contribution in [0.4, 0.5) is 0 Å². The minimum absolute atomic E-state index is 0.0801. The first-order valence-electron chi connectivity index (χ1n) is 5.06. The molecule has 1 unspecified atom stereocenters. The van der Waals surface area contributed by atoms with E-state index in [2.05, 4.69) is 4.90 Å². The van der Waals surface area contributed by atoms with Gasteiger partial charge in [-0.05, 0) is 20.3 Å². The maximum absolute atomic E-state index is 11.4. The van der Waals surface area contributed by atoms with Crippen LogP contribution < -0.4 is 5.73 Å². The van der Waals surface area contributed by atoms with Crippen molar-refractivity contribution in [3.63, 3.8) is 0 Å². The van der Waals surface area contributed by atoms with Crippen LogP contribution in [0.3, 0.4) is 0 Å². The first kappa shape index (κ1) is 12.9. The molecule has 0 aromatic heterocycles. The van der Waals surface area contributed by atoms with Crippen molar-refractivity contribution in [2.24, 2.45) is 5.73 Å². The number of hydrogen-bond donors (Lipinski definition) is 1. The predicted octanol–water partition coefficient (Wildman–Crippen LogP) is 0.170. The molecule has 0 amide bonds. The molecule has 1 heterocycles. The second-order valence-electron chi connectivity index (χ2n) is 4.29. The Bertz CT molecular complexity index is 338. The summed E-state index contributed by atoms with van der Waals surface area (Å²) in [6.45, 7) is 4.57. The van der Waals surface area contributed by atoms with Gasteiger partial charge < -0.3 is 5.73 Å². The summed E-state index contributed by atoms with van der Waals surface area (Å²) in [6, 6.07) is 0.348. The first-order chi connectivity index (χ1) is 6.82. The molecule has 0 saturated carbocycles. The van der Waals surface area contributed by atoms with Crippen LogP contribution in [0.25, 0.3) is 0 Å². The fourth-order valence-electron chi connectivity index (χ4n) is 1.95. The van der Waals surface area contributed by atoms with Crippen LogP contribution in [0.1, 0.15) is 20.3 Å². The highest BCUT2D eigenvalue weighted by Crippen LogP contribution is 2.19. The summed E-state index contributed by atoms with van der Waals surface area (Å²) in [4.78, 5) is 2.50. The van der Waals surface area contributed by atoms with Crippen LogP contribution in [0.2, 0.25) is 0 Å². The summed E-state index contributed by atoms with van der Waals surface area (Å²) < 4.78 is 22.7. The van der Waals surface area contributed by atoms with Crippen molar-refractivity contribution in [1.29, 1.82) is 0 Å². The van der Waals surface area contributed by atoms with Crippen LogP contribution in [0.15, 0.2) is 0 Å². The van der Waals surface area contributed by atoms with Crippen LogP contribution in [-0.4, -0.2) is 48.4 Å². The molecular weight excluding hydrogens is 232 g/mol. The summed E-state index contributed by atoms with van der Waals surface area (Å²) >= 11 is 4.87. The highest BCUT2D eigenvalue weighted by molar-refractivity contribution is 7.91. The molecular formula is C9H18N2O2S2. The molecule has 1 aliphatic heterocycles. The van der Waals surface area contributed by atoms with Crippen molar-refractivity contribution in [1.82, 2.24) is 4.90 Å². The van der Waals surface area contributed by atoms with Crippen molar-refractivity contribution in [2.75, 3.05) is 18.1 Å². The van der Waals surface area contributed by atoms with Crippen molar-refractivity contribution >= 4 is 27.0 Å². The normalized spacial score (nSPS) is 24.9. The Kier molecular flexibility index (Phi) is 4.08. The van der Waals surface area contributed by atoms with Gasteiger partial charge in [0.2, 0.25) is 0 Å². The maximum Gasteiger partial charge on any atom is 0.151 e. The lowest BCUT2D eigenvalue weighted by Crippen LogP contribution is -2.45. The number of thiocarbonyl (C=S) groups is 1. The number of rotatable bonds is 4. The van der Waals surface area contributed by atoms with Gasteiger partial charge in [-0.3, -0.25) is 4.90 Å². The quantitative estimate of drug-likeness (QED) is 0.721. The van der Waals surface area contributed by atoms with Gasteiger partial charge in [0.15, 0.2) is 9.84 Å². The van der Waals surface area contributed by atoms with E-state index in [1.165, 1.54) is 0 Å². The van der Waals surface area contributed by atoms with Crippen molar-refractivity contribution in [2.45, 2.75) is 32.4 Å². The Labute approximate surface area is 96.7 Å². The average molecular weight is 250 g/mol. The highest BCUT2D eigenvalue weighted by Gasteiger charge is 2.33. The highest BCUT2D eigenvalue weighted by atomic mass is 32.2. The van der Waals surface area contributed by atoms with E-state index in [1.807, 2.05) is 13.8 Å². The third kappa shape index (κ3) is 3.70. The zero-order chi connectivity index (χ0) is 11.6. The molecule has 1 rings (SSSR count). The van der Waals surface area contributed by atoms with Gasteiger partial charge in [-0.25, -0.2) is 8.42 Å². The summed E-state index contributed by atoms with van der Waals surface area (Å²) in [5, 5.41) is 0. The largest absolute Gasteiger partial charge is 0.392 e. The van der Waals surface area contributed by atoms with Crippen molar-refractivity contribution < 1.29 is 8.42 Å². The first-order valence-corrected chi connectivity index (χ1v) is 7.29. The summed E-state index contributed by atoms with van der Waals surface area (Å²) in [5.41, 5.74) is 5.51. The minimum Gasteiger partial charge on any atom is -0.392 e.